The molecule has 0 unspecified atom stereocenters. The summed E-state index contributed by atoms with van der Waals surface area (Å²) in [7, 11) is 0. The maximum absolute atomic E-state index is 15.2. The van der Waals surface area contributed by atoms with E-state index in [0.29, 0.717) is 5.69 Å². The quantitative estimate of drug-likeness (QED) is 0.169. The fourth-order valence-corrected chi connectivity index (χ4v) is 7.90. The molecule has 10 aromatic rings. The molecule has 0 bridgehead atoms. The van der Waals surface area contributed by atoms with Crippen LogP contribution in [-0.2, 0) is 0 Å². The molecule has 236 valence electrons. The third kappa shape index (κ3) is 4.18. The second kappa shape index (κ2) is 11.0. The first-order chi connectivity index (χ1) is 24.7. The van der Waals surface area contributed by atoms with E-state index < -0.39 is 11.6 Å². The number of rotatable bonds is 5. The van der Waals surface area contributed by atoms with Crippen LogP contribution >= 0.6 is 0 Å². The molecule has 2 nitrogen and oxygen atoms in total. The summed E-state index contributed by atoms with van der Waals surface area (Å²) in [5, 5.41) is 9.76. The minimum atomic E-state index is -0.424. The second-order valence-electron chi connectivity index (χ2n) is 12.8. The van der Waals surface area contributed by atoms with Crippen molar-refractivity contribution < 1.29 is 8.78 Å². The summed E-state index contributed by atoms with van der Waals surface area (Å²) in [6.45, 7) is 0. The highest BCUT2D eigenvalue weighted by atomic mass is 19.1. The van der Waals surface area contributed by atoms with Crippen molar-refractivity contribution >= 4 is 71.2 Å². The van der Waals surface area contributed by atoms with Crippen molar-refractivity contribution in [1.82, 2.24) is 4.57 Å². The molecule has 0 saturated heterocycles. The molecule has 1 heterocycles. The Morgan fingerprint density at radius 2 is 1.02 bits per heavy atom. The van der Waals surface area contributed by atoms with Gasteiger partial charge < -0.3 is 9.47 Å². The summed E-state index contributed by atoms with van der Waals surface area (Å²) in [5.74, 6) is -0.847. The van der Waals surface area contributed by atoms with Crippen molar-refractivity contribution in [1.29, 1.82) is 0 Å². The fraction of sp³-hybridized carbons (Fsp3) is 0. The maximum Gasteiger partial charge on any atom is 0.147 e. The van der Waals surface area contributed by atoms with Gasteiger partial charge >= 0.3 is 0 Å². The highest BCUT2D eigenvalue weighted by Crippen LogP contribution is 2.45. The summed E-state index contributed by atoms with van der Waals surface area (Å²) < 4.78 is 32.7. The van der Waals surface area contributed by atoms with E-state index in [-0.39, 0.29) is 11.4 Å². The average Bonchev–Trinajstić information content (AvgIpc) is 3.50. The fourth-order valence-electron chi connectivity index (χ4n) is 7.90. The molecule has 0 aliphatic heterocycles. The van der Waals surface area contributed by atoms with Crippen LogP contribution in [0.2, 0.25) is 0 Å². The first-order valence-electron chi connectivity index (χ1n) is 16.7. The topological polar surface area (TPSA) is 8.17 Å². The lowest BCUT2D eigenvalue weighted by Crippen LogP contribution is -2.13. The van der Waals surface area contributed by atoms with Crippen LogP contribution in [-0.4, -0.2) is 4.57 Å². The van der Waals surface area contributed by atoms with E-state index in [1.807, 2.05) is 24.3 Å². The Balaban J connectivity index is 1.17. The van der Waals surface area contributed by atoms with Crippen LogP contribution in [0.15, 0.2) is 170 Å². The molecule has 4 heteroatoms. The molecule has 0 N–H and O–H groups in total. The molecule has 0 aliphatic carbocycles. The molecule has 10 rings (SSSR count). The molecule has 0 amide bonds. The van der Waals surface area contributed by atoms with Gasteiger partial charge in [-0.2, -0.15) is 0 Å². The number of para-hydroxylation sites is 4. The lowest BCUT2D eigenvalue weighted by atomic mass is 9.88. The molecule has 50 heavy (non-hydrogen) atoms. The van der Waals surface area contributed by atoms with Crippen LogP contribution < -0.4 is 4.90 Å². The molecule has 1 aromatic heterocycles. The van der Waals surface area contributed by atoms with E-state index in [2.05, 4.69) is 102 Å². The van der Waals surface area contributed by atoms with Gasteiger partial charge in [0, 0.05) is 22.1 Å². The molecule has 0 saturated carbocycles. The van der Waals surface area contributed by atoms with Crippen molar-refractivity contribution in [2.45, 2.75) is 0 Å². The number of anilines is 3. The number of fused-ring (bicyclic) bond motifs is 4. The number of hydrogen-bond acceptors (Lipinski definition) is 1. The predicted molar refractivity (Wildman–Crippen MR) is 205 cm³/mol. The Kier molecular flexibility index (Phi) is 6.27. The van der Waals surface area contributed by atoms with E-state index >= 15 is 8.78 Å². The Labute approximate surface area is 287 Å². The van der Waals surface area contributed by atoms with Crippen LogP contribution in [0.5, 0.6) is 0 Å². The Morgan fingerprint density at radius 3 is 1.76 bits per heavy atom. The van der Waals surface area contributed by atoms with Crippen LogP contribution in [0.1, 0.15) is 0 Å². The van der Waals surface area contributed by atoms with Crippen LogP contribution in [0, 0.1) is 11.6 Å². The van der Waals surface area contributed by atoms with Gasteiger partial charge in [-0.3, -0.25) is 0 Å². The zero-order valence-electron chi connectivity index (χ0n) is 26.8. The molecule has 0 radical (unpaired) electrons. The minimum Gasteiger partial charge on any atom is -0.309 e. The first kappa shape index (κ1) is 28.5. The summed E-state index contributed by atoms with van der Waals surface area (Å²) in [6.07, 6.45) is 0. The molecular formula is C46H28F2N2. The van der Waals surface area contributed by atoms with Gasteiger partial charge in [-0.1, -0.05) is 109 Å². The van der Waals surface area contributed by atoms with Crippen molar-refractivity contribution in [2.24, 2.45) is 0 Å². The third-order valence-electron chi connectivity index (χ3n) is 10.1. The Bertz CT molecular complexity index is 2840. The number of benzene rings is 9. The van der Waals surface area contributed by atoms with Crippen molar-refractivity contribution in [3.63, 3.8) is 0 Å². The summed E-state index contributed by atoms with van der Waals surface area (Å²) >= 11 is 0. The monoisotopic (exact) mass is 646 g/mol. The van der Waals surface area contributed by atoms with E-state index in [1.54, 1.807) is 41.3 Å². The molecule has 9 aromatic carbocycles. The number of hydrogen-bond donors (Lipinski definition) is 0. The van der Waals surface area contributed by atoms with E-state index in [1.165, 1.54) is 66.3 Å². The molecule has 0 atom stereocenters. The zero-order valence-corrected chi connectivity index (χ0v) is 26.8. The van der Waals surface area contributed by atoms with Gasteiger partial charge in [-0.05, 0) is 104 Å². The highest BCUT2D eigenvalue weighted by Gasteiger charge is 2.21. The van der Waals surface area contributed by atoms with E-state index in [9.17, 15) is 0 Å². The van der Waals surface area contributed by atoms with Crippen LogP contribution in [0.25, 0.3) is 70.9 Å². The second-order valence-corrected chi connectivity index (χ2v) is 12.8. The van der Waals surface area contributed by atoms with E-state index in [4.69, 9.17) is 0 Å². The Morgan fingerprint density at radius 1 is 0.420 bits per heavy atom. The average molecular weight is 647 g/mol. The van der Waals surface area contributed by atoms with Gasteiger partial charge in [-0.15, -0.1) is 0 Å². The molecular weight excluding hydrogens is 619 g/mol. The van der Waals surface area contributed by atoms with Crippen molar-refractivity contribution in [3.05, 3.63) is 181 Å². The van der Waals surface area contributed by atoms with Gasteiger partial charge in [0.25, 0.3) is 0 Å². The van der Waals surface area contributed by atoms with E-state index in [0.717, 1.165) is 16.8 Å². The van der Waals surface area contributed by atoms with Crippen molar-refractivity contribution in [2.75, 3.05) is 4.90 Å². The number of aromatic nitrogens is 1. The van der Waals surface area contributed by atoms with Crippen LogP contribution in [0.3, 0.4) is 0 Å². The molecule has 0 spiro atoms. The predicted octanol–water partition coefficient (Wildman–Crippen LogP) is 13.1. The lowest BCUT2D eigenvalue weighted by Gasteiger charge is -2.26. The number of nitrogens with zero attached hydrogens (tertiary/aromatic N) is 2. The largest absolute Gasteiger partial charge is 0.309 e. The SMILES string of the molecule is Fc1ccccc1N(c1ccc(-c2ccc3ccc4c5c(ccc2c35)cc2c4c3ccccc3n2-c2ccccc2)cc1)c1ccccc1F. The van der Waals surface area contributed by atoms with Gasteiger partial charge in [0.05, 0.1) is 22.4 Å². The number of halogens is 2. The molecule has 0 aliphatic rings. The third-order valence-corrected chi connectivity index (χ3v) is 10.1. The minimum absolute atomic E-state index is 0.285. The smallest absolute Gasteiger partial charge is 0.147 e. The summed E-state index contributed by atoms with van der Waals surface area (Å²) in [5.41, 5.74) is 6.88. The van der Waals surface area contributed by atoms with Crippen molar-refractivity contribution in [3.8, 4) is 16.8 Å². The normalized spacial score (nSPS) is 11.8. The standard InChI is InChI=1S/C46H28F2N2/c47-38-13-5-8-16-41(38)50(42-17-9-6-14-39(42)48)33-23-18-29(19-24-33)34-25-20-30-21-27-37-45-31(22-26-35(34)44(30)45)28-43-46(37)36-12-4-7-15-40(36)49(43)32-10-2-1-3-11-32/h1-28H. The lowest BCUT2D eigenvalue weighted by molar-refractivity contribution is 0.619. The summed E-state index contributed by atoms with van der Waals surface area (Å²) in [4.78, 5) is 1.63. The summed E-state index contributed by atoms with van der Waals surface area (Å²) in [6, 6.07) is 55.9. The van der Waals surface area contributed by atoms with Gasteiger partial charge in [-0.25, -0.2) is 8.78 Å². The first-order valence-corrected chi connectivity index (χ1v) is 16.7. The maximum atomic E-state index is 15.2. The Hall–Kier alpha value is -6.52. The van der Waals surface area contributed by atoms with Gasteiger partial charge in [0.15, 0.2) is 0 Å². The zero-order chi connectivity index (χ0) is 33.3. The van der Waals surface area contributed by atoms with Gasteiger partial charge in [0.2, 0.25) is 0 Å². The van der Waals surface area contributed by atoms with Gasteiger partial charge in [0.1, 0.15) is 11.6 Å². The molecule has 0 fully saturated rings. The van der Waals surface area contributed by atoms with Crippen LogP contribution in [0.4, 0.5) is 25.8 Å². The highest BCUT2D eigenvalue weighted by molar-refractivity contribution is 6.34.